The second kappa shape index (κ2) is 4.27. The smallest absolute Gasteiger partial charge is 0.307 e. The summed E-state index contributed by atoms with van der Waals surface area (Å²) in [5.74, 6) is -0.0222. The van der Waals surface area contributed by atoms with Crippen molar-refractivity contribution in [3.63, 3.8) is 0 Å². The first-order chi connectivity index (χ1) is 7.42. The Labute approximate surface area is 91.4 Å². The minimum atomic E-state index is -3.98. The van der Waals surface area contributed by atoms with E-state index in [1.54, 1.807) is 0 Å². The molecule has 1 rings (SSSR count). The number of sulfone groups is 1. The Balaban J connectivity index is 3.55. The lowest BCUT2D eigenvalue weighted by atomic mass is 10.4. The number of aromatic nitrogens is 1. The largest absolute Gasteiger partial charge is 0.481 e. The molecule has 0 N–H and O–H groups in total. The molecule has 1 aromatic rings. The molecule has 1 aromatic heterocycles. The van der Waals surface area contributed by atoms with Gasteiger partial charge in [-0.25, -0.2) is 8.42 Å². The van der Waals surface area contributed by atoms with Crippen molar-refractivity contribution in [2.45, 2.75) is 5.03 Å². The summed E-state index contributed by atoms with van der Waals surface area (Å²) in [6.45, 7) is 3.07. The highest BCUT2D eigenvalue weighted by Gasteiger charge is 2.26. The van der Waals surface area contributed by atoms with Crippen LogP contribution in [0.2, 0.25) is 0 Å². The molecule has 86 valence electrons. The molecule has 0 fully saturated rings. The Bertz CT molecular complexity index is 537. The summed E-state index contributed by atoms with van der Waals surface area (Å²) in [5.41, 5.74) is -0.610. The number of pyridine rings is 1. The molecule has 0 aliphatic carbocycles. The molecule has 0 atom stereocenters. The molecule has 0 aromatic carbocycles. The third kappa shape index (κ3) is 2.16. The van der Waals surface area contributed by atoms with Crippen molar-refractivity contribution >= 4 is 15.5 Å². The first-order valence-electron chi connectivity index (χ1n) is 3.99. The van der Waals surface area contributed by atoms with Crippen LogP contribution in [0.1, 0.15) is 0 Å². The number of hydrogen-bond acceptors (Lipinski definition) is 6. The molecule has 0 saturated heterocycles. The van der Waals surface area contributed by atoms with Crippen molar-refractivity contribution in [2.24, 2.45) is 0 Å². The van der Waals surface area contributed by atoms with E-state index in [-0.39, 0.29) is 5.88 Å². The summed E-state index contributed by atoms with van der Waals surface area (Å²) >= 11 is 0. The second-order valence-corrected chi connectivity index (χ2v) is 4.46. The molecule has 1 heterocycles. The van der Waals surface area contributed by atoms with E-state index in [1.807, 2.05) is 0 Å². The maximum Gasteiger partial charge on any atom is 0.307 e. The molecule has 0 bridgehead atoms. The fraction of sp³-hybridized carbons (Fsp3) is 0.125. The van der Waals surface area contributed by atoms with Crippen LogP contribution >= 0.6 is 0 Å². The average Bonchev–Trinajstić information content (AvgIpc) is 2.28. The molecule has 16 heavy (non-hydrogen) atoms. The van der Waals surface area contributed by atoms with Gasteiger partial charge in [0, 0.05) is 17.5 Å². The maximum atomic E-state index is 11.5. The van der Waals surface area contributed by atoms with Gasteiger partial charge in [-0.1, -0.05) is 6.58 Å². The third-order valence-electron chi connectivity index (χ3n) is 1.71. The van der Waals surface area contributed by atoms with Crippen LogP contribution in [-0.2, 0) is 9.84 Å². The van der Waals surface area contributed by atoms with E-state index in [9.17, 15) is 18.5 Å². The zero-order valence-corrected chi connectivity index (χ0v) is 9.10. The first-order valence-corrected chi connectivity index (χ1v) is 5.54. The number of nitro groups is 1. The van der Waals surface area contributed by atoms with Gasteiger partial charge in [0.2, 0.25) is 20.7 Å². The second-order valence-electron chi connectivity index (χ2n) is 2.65. The minimum Gasteiger partial charge on any atom is -0.481 e. The zero-order valence-electron chi connectivity index (χ0n) is 8.28. The van der Waals surface area contributed by atoms with Gasteiger partial charge in [-0.2, -0.15) is 4.98 Å². The van der Waals surface area contributed by atoms with Gasteiger partial charge in [-0.15, -0.1) is 0 Å². The third-order valence-corrected chi connectivity index (χ3v) is 2.99. The zero-order chi connectivity index (χ0) is 12.3. The number of rotatable bonds is 4. The SMILES string of the molecule is C=CS(=O)(=O)c1nc(OC)ccc1[N+](=O)[O-]. The highest BCUT2D eigenvalue weighted by molar-refractivity contribution is 7.94. The van der Waals surface area contributed by atoms with E-state index in [1.165, 1.54) is 13.2 Å². The molecule has 0 aliphatic heterocycles. The number of ether oxygens (including phenoxy) is 1. The highest BCUT2D eigenvalue weighted by Crippen LogP contribution is 2.25. The van der Waals surface area contributed by atoms with Gasteiger partial charge >= 0.3 is 5.69 Å². The van der Waals surface area contributed by atoms with Gasteiger partial charge in [-0.3, -0.25) is 10.1 Å². The first kappa shape index (κ1) is 12.1. The fourth-order valence-electron chi connectivity index (χ4n) is 0.957. The predicted molar refractivity (Wildman–Crippen MR) is 54.8 cm³/mol. The van der Waals surface area contributed by atoms with Crippen LogP contribution in [0.25, 0.3) is 0 Å². The van der Waals surface area contributed by atoms with Crippen molar-refractivity contribution in [1.82, 2.24) is 4.98 Å². The topological polar surface area (TPSA) is 99.4 Å². The highest BCUT2D eigenvalue weighted by atomic mass is 32.2. The summed E-state index contributed by atoms with van der Waals surface area (Å²) in [6.07, 6.45) is 0. The molecule has 7 nitrogen and oxygen atoms in total. The van der Waals surface area contributed by atoms with Crippen molar-refractivity contribution in [3.8, 4) is 5.88 Å². The normalized spacial score (nSPS) is 10.8. The molecule has 8 heteroatoms. The monoisotopic (exact) mass is 244 g/mol. The van der Waals surface area contributed by atoms with Gasteiger partial charge in [-0.05, 0) is 0 Å². The van der Waals surface area contributed by atoms with E-state index in [0.29, 0.717) is 5.41 Å². The molecule has 0 unspecified atom stereocenters. The standard InChI is InChI=1S/C8H8N2O5S/c1-3-16(13,14)8-6(10(11)12)4-5-7(9-8)15-2/h3-5H,1H2,2H3. The van der Waals surface area contributed by atoms with Crippen molar-refractivity contribution in [2.75, 3.05) is 7.11 Å². The van der Waals surface area contributed by atoms with Crippen molar-refractivity contribution < 1.29 is 18.1 Å². The molecule has 0 saturated carbocycles. The van der Waals surface area contributed by atoms with E-state index in [2.05, 4.69) is 11.6 Å². The van der Waals surface area contributed by atoms with Crippen molar-refractivity contribution in [3.05, 3.63) is 34.2 Å². The quantitative estimate of drug-likeness (QED) is 0.576. The van der Waals surface area contributed by atoms with Crippen LogP contribution in [0.15, 0.2) is 29.1 Å². The fourth-order valence-corrected chi connectivity index (χ4v) is 1.77. The predicted octanol–water partition coefficient (Wildman–Crippen LogP) is 0.916. The van der Waals surface area contributed by atoms with E-state index in [4.69, 9.17) is 4.74 Å². The van der Waals surface area contributed by atoms with Gasteiger partial charge in [0.15, 0.2) is 0 Å². The van der Waals surface area contributed by atoms with E-state index < -0.39 is 25.5 Å². The number of hydrogen-bond donors (Lipinski definition) is 0. The Kier molecular flexibility index (Phi) is 3.23. The molecular weight excluding hydrogens is 236 g/mol. The Morgan fingerprint density at radius 2 is 2.19 bits per heavy atom. The van der Waals surface area contributed by atoms with Gasteiger partial charge < -0.3 is 4.74 Å². The lowest BCUT2D eigenvalue weighted by Crippen LogP contribution is -2.05. The summed E-state index contributed by atoms with van der Waals surface area (Å²) in [6, 6.07) is 2.22. The van der Waals surface area contributed by atoms with Crippen LogP contribution in [0.5, 0.6) is 5.88 Å². The molecule has 0 amide bonds. The van der Waals surface area contributed by atoms with E-state index >= 15 is 0 Å². The summed E-state index contributed by atoms with van der Waals surface area (Å²) in [5, 5.41) is 10.5. The average molecular weight is 244 g/mol. The lowest BCUT2D eigenvalue weighted by Gasteiger charge is -2.02. The molecule has 0 radical (unpaired) electrons. The number of methoxy groups -OCH3 is 1. The summed E-state index contributed by atoms with van der Waals surface area (Å²) in [4.78, 5) is 13.3. The maximum absolute atomic E-state index is 11.5. The van der Waals surface area contributed by atoms with E-state index in [0.717, 1.165) is 6.07 Å². The summed E-state index contributed by atoms with van der Waals surface area (Å²) < 4.78 is 27.6. The van der Waals surface area contributed by atoms with Crippen LogP contribution in [-0.4, -0.2) is 25.4 Å². The van der Waals surface area contributed by atoms with Crippen LogP contribution < -0.4 is 4.74 Å². The van der Waals surface area contributed by atoms with Gasteiger partial charge in [0.05, 0.1) is 12.0 Å². The Morgan fingerprint density at radius 3 is 2.62 bits per heavy atom. The molecular formula is C8H8N2O5S. The Morgan fingerprint density at radius 1 is 1.56 bits per heavy atom. The Hall–Kier alpha value is -1.96. The van der Waals surface area contributed by atoms with Gasteiger partial charge in [0.1, 0.15) is 0 Å². The van der Waals surface area contributed by atoms with Crippen LogP contribution in [0, 0.1) is 10.1 Å². The number of nitrogens with zero attached hydrogens (tertiary/aromatic N) is 2. The minimum absolute atomic E-state index is 0.0222. The van der Waals surface area contributed by atoms with Gasteiger partial charge in [0.25, 0.3) is 0 Å². The molecule has 0 spiro atoms. The molecule has 0 aliphatic rings. The van der Waals surface area contributed by atoms with Crippen LogP contribution in [0.3, 0.4) is 0 Å². The van der Waals surface area contributed by atoms with Crippen LogP contribution in [0.4, 0.5) is 5.69 Å². The summed E-state index contributed by atoms with van der Waals surface area (Å²) in [7, 11) is -2.70. The lowest BCUT2D eigenvalue weighted by molar-refractivity contribution is -0.388. The van der Waals surface area contributed by atoms with Crippen molar-refractivity contribution in [1.29, 1.82) is 0 Å².